The molecule has 1 saturated heterocycles. The summed E-state index contributed by atoms with van der Waals surface area (Å²) in [4.78, 5) is 13.1. The molecule has 1 aromatic carbocycles. The quantitative estimate of drug-likeness (QED) is 0.844. The molecule has 1 aliphatic rings. The third-order valence-electron chi connectivity index (χ3n) is 4.29. The smallest absolute Gasteiger partial charge is 0.137 e. The number of piperidine rings is 1. The highest BCUT2D eigenvalue weighted by Gasteiger charge is 2.23. The average molecular weight is 331 g/mol. The van der Waals surface area contributed by atoms with Gasteiger partial charge in [-0.05, 0) is 55.5 Å². The van der Waals surface area contributed by atoms with Crippen LogP contribution in [-0.4, -0.2) is 36.9 Å². The van der Waals surface area contributed by atoms with Crippen LogP contribution >= 0.6 is 24.0 Å². The number of aldehydes is 1. The van der Waals surface area contributed by atoms with Gasteiger partial charge in [0, 0.05) is 11.6 Å². The van der Waals surface area contributed by atoms with Gasteiger partial charge in [-0.2, -0.15) is 0 Å². The van der Waals surface area contributed by atoms with Crippen molar-refractivity contribution in [1.29, 1.82) is 0 Å². The van der Waals surface area contributed by atoms with E-state index in [1.165, 1.54) is 5.56 Å². The first-order valence-corrected chi connectivity index (χ1v) is 7.66. The Morgan fingerprint density at radius 1 is 1.33 bits per heavy atom. The van der Waals surface area contributed by atoms with Crippen LogP contribution in [0.4, 0.5) is 0 Å². The molecule has 0 amide bonds. The normalized spacial score (nSPS) is 19.6. The summed E-state index contributed by atoms with van der Waals surface area (Å²) in [6.45, 7) is 5.10. The molecular formula is C16H24Cl2N2O. The topological polar surface area (TPSA) is 46.3 Å². The molecule has 0 radical (unpaired) electrons. The molecule has 2 atom stereocenters. The fourth-order valence-electron chi connectivity index (χ4n) is 2.85. The van der Waals surface area contributed by atoms with Gasteiger partial charge < -0.3 is 15.4 Å². The summed E-state index contributed by atoms with van der Waals surface area (Å²) in [5, 5.41) is 0.794. The van der Waals surface area contributed by atoms with Gasteiger partial charge in [-0.25, -0.2) is 0 Å². The number of rotatable bonds is 5. The summed E-state index contributed by atoms with van der Waals surface area (Å²) in [6.07, 6.45) is 3.17. The van der Waals surface area contributed by atoms with E-state index in [0.29, 0.717) is 5.92 Å². The second kappa shape index (κ2) is 8.74. The Balaban J connectivity index is 0.00000220. The number of likely N-dealkylation sites (tertiary alicyclic amines) is 1. The van der Waals surface area contributed by atoms with Gasteiger partial charge in [0.1, 0.15) is 6.29 Å². The van der Waals surface area contributed by atoms with E-state index >= 15 is 0 Å². The van der Waals surface area contributed by atoms with Gasteiger partial charge in [-0.3, -0.25) is 0 Å². The molecule has 1 fully saturated rings. The van der Waals surface area contributed by atoms with E-state index in [1.807, 2.05) is 19.1 Å². The molecule has 21 heavy (non-hydrogen) atoms. The average Bonchev–Trinajstić information content (AvgIpc) is 2.48. The Bertz CT molecular complexity index is 430. The van der Waals surface area contributed by atoms with E-state index in [9.17, 15) is 4.79 Å². The van der Waals surface area contributed by atoms with E-state index in [2.05, 4.69) is 17.0 Å². The molecule has 1 aliphatic heterocycles. The summed E-state index contributed by atoms with van der Waals surface area (Å²) in [5.74, 6) is 0.846. The summed E-state index contributed by atoms with van der Waals surface area (Å²) >= 11 is 5.93. The number of nitrogens with zero attached hydrogens (tertiary/aromatic N) is 1. The van der Waals surface area contributed by atoms with Crippen molar-refractivity contribution in [3.8, 4) is 0 Å². The summed E-state index contributed by atoms with van der Waals surface area (Å²) in [6, 6.07) is 7.85. The second-order valence-electron chi connectivity index (χ2n) is 5.82. The molecule has 0 spiro atoms. The van der Waals surface area contributed by atoms with Crippen LogP contribution in [0.1, 0.15) is 31.2 Å². The van der Waals surface area contributed by atoms with Crippen molar-refractivity contribution in [2.75, 3.05) is 19.6 Å². The number of halogens is 2. The third-order valence-corrected chi connectivity index (χ3v) is 4.54. The monoisotopic (exact) mass is 330 g/mol. The molecule has 3 nitrogen and oxygen atoms in total. The highest BCUT2D eigenvalue weighted by Crippen LogP contribution is 2.29. The van der Waals surface area contributed by atoms with Crippen molar-refractivity contribution in [3.05, 3.63) is 34.9 Å². The first kappa shape index (κ1) is 18.4. The minimum atomic E-state index is -0.344. The van der Waals surface area contributed by atoms with Crippen molar-refractivity contribution in [2.45, 2.75) is 31.7 Å². The molecule has 0 aromatic heterocycles. The number of hydrogen-bond acceptors (Lipinski definition) is 3. The van der Waals surface area contributed by atoms with Crippen LogP contribution in [0.2, 0.25) is 5.02 Å². The van der Waals surface area contributed by atoms with Crippen LogP contribution in [0, 0.1) is 5.92 Å². The zero-order valence-electron chi connectivity index (χ0n) is 12.4. The van der Waals surface area contributed by atoms with Crippen LogP contribution in [0.5, 0.6) is 0 Å². The minimum absolute atomic E-state index is 0. The Hall–Kier alpha value is -0.610. The maximum Gasteiger partial charge on any atom is 0.137 e. The van der Waals surface area contributed by atoms with Crippen LogP contribution in [-0.2, 0) is 4.79 Å². The third kappa shape index (κ3) is 5.26. The molecule has 0 aliphatic carbocycles. The molecule has 2 unspecified atom stereocenters. The van der Waals surface area contributed by atoms with Crippen molar-refractivity contribution in [3.63, 3.8) is 0 Å². The number of carbonyl (C=O) groups is 1. The SMILES string of the molecule is CC(CN1CCC(c2ccc(Cl)cc2)CC1)C(N)C=O.Cl. The zero-order valence-corrected chi connectivity index (χ0v) is 13.9. The molecule has 5 heteroatoms. The highest BCUT2D eigenvalue weighted by atomic mass is 35.5. The van der Waals surface area contributed by atoms with Gasteiger partial charge in [0.25, 0.3) is 0 Å². The van der Waals surface area contributed by atoms with Crippen molar-refractivity contribution in [2.24, 2.45) is 11.7 Å². The maximum absolute atomic E-state index is 10.7. The molecule has 2 N–H and O–H groups in total. The highest BCUT2D eigenvalue weighted by molar-refractivity contribution is 6.30. The first-order chi connectivity index (χ1) is 9.60. The van der Waals surface area contributed by atoms with E-state index < -0.39 is 0 Å². The molecule has 1 heterocycles. The fourth-order valence-corrected chi connectivity index (χ4v) is 2.97. The Labute approximate surface area is 138 Å². The molecule has 0 saturated carbocycles. The van der Waals surface area contributed by atoms with Crippen LogP contribution in [0.3, 0.4) is 0 Å². The molecule has 2 rings (SSSR count). The Morgan fingerprint density at radius 3 is 2.43 bits per heavy atom. The predicted molar refractivity (Wildman–Crippen MR) is 90.3 cm³/mol. The number of benzene rings is 1. The van der Waals surface area contributed by atoms with Gasteiger partial charge >= 0.3 is 0 Å². The van der Waals surface area contributed by atoms with Gasteiger partial charge in [0.15, 0.2) is 0 Å². The van der Waals surface area contributed by atoms with Crippen LogP contribution in [0.15, 0.2) is 24.3 Å². The number of carbonyl (C=O) groups excluding carboxylic acids is 1. The van der Waals surface area contributed by atoms with Crippen molar-refractivity contribution < 1.29 is 4.79 Å². The summed E-state index contributed by atoms with van der Waals surface area (Å²) < 4.78 is 0. The molecule has 0 bridgehead atoms. The van der Waals surface area contributed by atoms with E-state index in [4.69, 9.17) is 17.3 Å². The standard InChI is InChI=1S/C16H23ClN2O.ClH/c1-12(16(18)11-20)10-19-8-6-14(7-9-19)13-2-4-15(17)5-3-13;/h2-5,11-12,14,16H,6-10,18H2,1H3;1H. The van der Waals surface area contributed by atoms with Crippen LogP contribution in [0.25, 0.3) is 0 Å². The lowest BCUT2D eigenvalue weighted by atomic mass is 9.89. The number of hydrogen-bond donors (Lipinski definition) is 1. The minimum Gasteiger partial charge on any atom is -0.321 e. The Kier molecular flexibility index (Phi) is 7.67. The van der Waals surface area contributed by atoms with Gasteiger partial charge in [-0.1, -0.05) is 30.7 Å². The molecule has 118 valence electrons. The second-order valence-corrected chi connectivity index (χ2v) is 6.25. The van der Waals surface area contributed by atoms with E-state index in [-0.39, 0.29) is 24.4 Å². The van der Waals surface area contributed by atoms with Crippen molar-refractivity contribution in [1.82, 2.24) is 4.90 Å². The molecular weight excluding hydrogens is 307 g/mol. The van der Waals surface area contributed by atoms with Gasteiger partial charge in [-0.15, -0.1) is 12.4 Å². The van der Waals surface area contributed by atoms with Crippen molar-refractivity contribution >= 4 is 30.3 Å². The van der Waals surface area contributed by atoms with Crippen LogP contribution < -0.4 is 5.73 Å². The maximum atomic E-state index is 10.7. The van der Waals surface area contributed by atoms with E-state index in [1.54, 1.807) is 0 Å². The fraction of sp³-hybridized carbons (Fsp3) is 0.562. The predicted octanol–water partition coefficient (Wildman–Crippen LogP) is 3.10. The lowest BCUT2D eigenvalue weighted by Gasteiger charge is -2.34. The number of nitrogens with two attached hydrogens (primary N) is 1. The van der Waals surface area contributed by atoms with Gasteiger partial charge in [0.05, 0.1) is 6.04 Å². The van der Waals surface area contributed by atoms with Gasteiger partial charge in [0.2, 0.25) is 0 Å². The largest absolute Gasteiger partial charge is 0.321 e. The summed E-state index contributed by atoms with van der Waals surface area (Å²) in [7, 11) is 0. The zero-order chi connectivity index (χ0) is 14.5. The lowest BCUT2D eigenvalue weighted by molar-refractivity contribution is -0.109. The lowest BCUT2D eigenvalue weighted by Crippen LogP contribution is -2.41. The molecule has 1 aromatic rings. The first-order valence-electron chi connectivity index (χ1n) is 7.29. The summed E-state index contributed by atoms with van der Waals surface area (Å²) in [5.41, 5.74) is 7.14. The Morgan fingerprint density at radius 2 is 1.90 bits per heavy atom. The van der Waals surface area contributed by atoms with E-state index in [0.717, 1.165) is 43.8 Å².